The predicted octanol–water partition coefficient (Wildman–Crippen LogP) is 1.05. The summed E-state index contributed by atoms with van der Waals surface area (Å²) < 4.78 is 0. The molecule has 1 fully saturated rings. The number of rotatable bonds is 0. The summed E-state index contributed by atoms with van der Waals surface area (Å²) in [6, 6.07) is 0.534. The molecule has 1 aliphatic carbocycles. The minimum absolute atomic E-state index is 0.534. The Bertz CT molecular complexity index is 170. The Morgan fingerprint density at radius 1 is 1.67 bits per heavy atom. The van der Waals surface area contributed by atoms with E-state index in [2.05, 4.69) is 16.5 Å². The Morgan fingerprint density at radius 3 is 3.56 bits per heavy atom. The summed E-state index contributed by atoms with van der Waals surface area (Å²) in [4.78, 5) is 4.29. The van der Waals surface area contributed by atoms with Crippen molar-refractivity contribution in [2.45, 2.75) is 25.3 Å². The summed E-state index contributed by atoms with van der Waals surface area (Å²) in [5.74, 6) is 0. The zero-order valence-electron chi connectivity index (χ0n) is 5.30. The largest absolute Gasteiger partial charge is 0.353 e. The van der Waals surface area contributed by atoms with Gasteiger partial charge in [0, 0.05) is 6.20 Å². The van der Waals surface area contributed by atoms with E-state index in [-0.39, 0.29) is 0 Å². The van der Waals surface area contributed by atoms with Crippen molar-refractivity contribution in [1.29, 1.82) is 0 Å². The summed E-state index contributed by atoms with van der Waals surface area (Å²) in [5.41, 5.74) is 1.48. The Hall–Kier alpha value is -0.790. The summed E-state index contributed by atoms with van der Waals surface area (Å²) in [6.45, 7) is 0. The lowest BCUT2D eigenvalue weighted by atomic mass is 10.2. The van der Waals surface area contributed by atoms with Crippen molar-refractivity contribution in [1.82, 2.24) is 5.32 Å². The number of fused-ring (bicyclic) bond motifs is 1. The first-order chi connectivity index (χ1) is 4.47. The molecule has 1 atom stereocenters. The van der Waals surface area contributed by atoms with Crippen molar-refractivity contribution in [2.24, 2.45) is 4.99 Å². The van der Waals surface area contributed by atoms with Gasteiger partial charge in [-0.1, -0.05) is 0 Å². The van der Waals surface area contributed by atoms with E-state index in [1.807, 2.05) is 0 Å². The van der Waals surface area contributed by atoms with Gasteiger partial charge in [0.2, 0.25) is 0 Å². The molecule has 0 bridgehead atoms. The van der Waals surface area contributed by atoms with Gasteiger partial charge < -0.3 is 5.32 Å². The van der Waals surface area contributed by atoms with E-state index in [4.69, 9.17) is 0 Å². The van der Waals surface area contributed by atoms with Gasteiger partial charge in [0.15, 0.2) is 0 Å². The number of nitrogens with one attached hydrogen (secondary N) is 1. The van der Waals surface area contributed by atoms with Crippen LogP contribution in [0, 0.1) is 0 Å². The third-order valence-electron chi connectivity index (χ3n) is 1.97. The smallest absolute Gasteiger partial charge is 0.0870 e. The van der Waals surface area contributed by atoms with E-state index < -0.39 is 0 Å². The SMILES string of the molecule is C1=NC2CCCC2=CN1. The number of aliphatic imine (C=N–C) groups is 1. The highest BCUT2D eigenvalue weighted by atomic mass is 15.0. The van der Waals surface area contributed by atoms with E-state index in [9.17, 15) is 0 Å². The minimum Gasteiger partial charge on any atom is -0.353 e. The molecule has 2 aliphatic rings. The Labute approximate surface area is 54.7 Å². The summed E-state index contributed by atoms with van der Waals surface area (Å²) in [7, 11) is 0. The molecule has 0 amide bonds. The van der Waals surface area contributed by atoms with Crippen molar-refractivity contribution in [3.63, 3.8) is 0 Å². The fourth-order valence-electron chi connectivity index (χ4n) is 1.47. The molecular formula is C7H10N2. The fraction of sp³-hybridized carbons (Fsp3) is 0.571. The van der Waals surface area contributed by atoms with Crippen LogP contribution in [0.3, 0.4) is 0 Å². The first kappa shape index (κ1) is 5.03. The van der Waals surface area contributed by atoms with Gasteiger partial charge >= 0.3 is 0 Å². The third-order valence-corrected chi connectivity index (χ3v) is 1.97. The fourth-order valence-corrected chi connectivity index (χ4v) is 1.47. The van der Waals surface area contributed by atoms with Crippen LogP contribution in [-0.2, 0) is 0 Å². The quantitative estimate of drug-likeness (QED) is 0.510. The normalized spacial score (nSPS) is 31.1. The Morgan fingerprint density at radius 2 is 2.67 bits per heavy atom. The van der Waals surface area contributed by atoms with Crippen LogP contribution in [0.4, 0.5) is 0 Å². The maximum Gasteiger partial charge on any atom is 0.0870 e. The highest BCUT2D eigenvalue weighted by molar-refractivity contribution is 5.59. The summed E-state index contributed by atoms with van der Waals surface area (Å²) in [5, 5.41) is 3.00. The van der Waals surface area contributed by atoms with Crippen LogP contribution in [0.1, 0.15) is 19.3 Å². The van der Waals surface area contributed by atoms with Gasteiger partial charge in [-0.25, -0.2) is 0 Å². The van der Waals surface area contributed by atoms with Crippen LogP contribution in [0.25, 0.3) is 0 Å². The molecule has 0 aromatic heterocycles. The molecule has 0 aromatic rings. The molecule has 48 valence electrons. The van der Waals surface area contributed by atoms with Crippen LogP contribution in [0.5, 0.6) is 0 Å². The van der Waals surface area contributed by atoms with Crippen LogP contribution >= 0.6 is 0 Å². The molecule has 2 rings (SSSR count). The molecule has 9 heavy (non-hydrogen) atoms. The molecule has 2 heteroatoms. The van der Waals surface area contributed by atoms with Gasteiger partial charge in [0.05, 0.1) is 12.4 Å². The van der Waals surface area contributed by atoms with Crippen molar-refractivity contribution in [3.8, 4) is 0 Å². The zero-order chi connectivity index (χ0) is 6.10. The molecule has 0 saturated heterocycles. The van der Waals surface area contributed by atoms with Crippen molar-refractivity contribution < 1.29 is 0 Å². The lowest BCUT2D eigenvalue weighted by Gasteiger charge is -2.09. The molecule has 0 radical (unpaired) electrons. The van der Waals surface area contributed by atoms with E-state index in [1.54, 1.807) is 6.34 Å². The van der Waals surface area contributed by atoms with Gasteiger partial charge in [-0.2, -0.15) is 0 Å². The van der Waals surface area contributed by atoms with Crippen LogP contribution in [0.2, 0.25) is 0 Å². The predicted molar refractivity (Wildman–Crippen MR) is 37.3 cm³/mol. The van der Waals surface area contributed by atoms with E-state index in [0.717, 1.165) is 0 Å². The number of nitrogens with zero attached hydrogens (tertiary/aromatic N) is 1. The second-order valence-corrected chi connectivity index (χ2v) is 2.57. The van der Waals surface area contributed by atoms with Gasteiger partial charge in [0.1, 0.15) is 0 Å². The molecule has 2 nitrogen and oxygen atoms in total. The van der Waals surface area contributed by atoms with Crippen LogP contribution in [0.15, 0.2) is 16.8 Å². The van der Waals surface area contributed by atoms with Crippen LogP contribution < -0.4 is 5.32 Å². The molecule has 1 heterocycles. The summed E-state index contributed by atoms with van der Waals surface area (Å²) in [6.07, 6.45) is 7.69. The topological polar surface area (TPSA) is 24.4 Å². The monoisotopic (exact) mass is 122 g/mol. The Balaban J connectivity index is 2.22. The van der Waals surface area contributed by atoms with E-state index in [1.165, 1.54) is 24.8 Å². The van der Waals surface area contributed by atoms with Gasteiger partial charge in [-0.3, -0.25) is 4.99 Å². The number of hydrogen-bond acceptors (Lipinski definition) is 2. The second-order valence-electron chi connectivity index (χ2n) is 2.57. The van der Waals surface area contributed by atoms with Crippen molar-refractivity contribution in [3.05, 3.63) is 11.8 Å². The summed E-state index contributed by atoms with van der Waals surface area (Å²) >= 11 is 0. The molecule has 1 saturated carbocycles. The van der Waals surface area contributed by atoms with Gasteiger partial charge in [-0.05, 0) is 24.8 Å². The van der Waals surface area contributed by atoms with Gasteiger partial charge in [-0.15, -0.1) is 0 Å². The van der Waals surface area contributed by atoms with Gasteiger partial charge in [0.25, 0.3) is 0 Å². The van der Waals surface area contributed by atoms with E-state index in [0.29, 0.717) is 6.04 Å². The highest BCUT2D eigenvalue weighted by Crippen LogP contribution is 2.27. The van der Waals surface area contributed by atoms with Crippen molar-refractivity contribution >= 4 is 6.34 Å². The van der Waals surface area contributed by atoms with Crippen molar-refractivity contribution in [2.75, 3.05) is 0 Å². The van der Waals surface area contributed by atoms with Crippen LogP contribution in [-0.4, -0.2) is 12.4 Å². The number of hydrogen-bond donors (Lipinski definition) is 1. The second kappa shape index (κ2) is 1.87. The average molecular weight is 122 g/mol. The highest BCUT2D eigenvalue weighted by Gasteiger charge is 2.20. The molecule has 1 unspecified atom stereocenters. The standard InChI is InChI=1S/C7H10N2/c1-2-6-4-8-5-9-7(6)3-1/h4-5,7H,1-3H2,(H,8,9). The van der Waals surface area contributed by atoms with E-state index >= 15 is 0 Å². The Kier molecular flexibility index (Phi) is 1.04. The lowest BCUT2D eigenvalue weighted by Crippen LogP contribution is -2.14. The average Bonchev–Trinajstić information content (AvgIpc) is 2.33. The molecule has 1 aliphatic heterocycles. The lowest BCUT2D eigenvalue weighted by molar-refractivity contribution is 0.766. The minimum atomic E-state index is 0.534. The molecule has 0 aromatic carbocycles. The maximum atomic E-state index is 4.29. The zero-order valence-corrected chi connectivity index (χ0v) is 5.30. The first-order valence-corrected chi connectivity index (χ1v) is 3.43. The molecule has 0 spiro atoms. The third kappa shape index (κ3) is 0.745. The first-order valence-electron chi connectivity index (χ1n) is 3.43. The molecular weight excluding hydrogens is 112 g/mol. The maximum absolute atomic E-state index is 4.29. The molecule has 1 N–H and O–H groups in total.